The molecule has 6 unspecified atom stereocenters. The lowest BCUT2D eigenvalue weighted by atomic mass is 9.99. The fraction of sp³-hybridized carbons (Fsp3) is 0.942. The van der Waals surface area contributed by atoms with Crippen molar-refractivity contribution < 1.29 is 44.2 Å². The maximum atomic E-state index is 12.8. The van der Waals surface area contributed by atoms with Crippen molar-refractivity contribution in [2.24, 2.45) is 0 Å². The van der Waals surface area contributed by atoms with Gasteiger partial charge in [-0.15, -0.1) is 0 Å². The quantitative estimate of drug-likeness (QED) is 0.0268. The Morgan fingerprint density at radius 1 is 0.508 bits per heavy atom. The van der Waals surface area contributed by atoms with Crippen molar-refractivity contribution >= 4 is 5.97 Å². The van der Waals surface area contributed by atoms with Gasteiger partial charge in [0, 0.05) is 13.0 Å². The highest BCUT2D eigenvalue weighted by Crippen LogP contribution is 2.23. The predicted octanol–water partition coefficient (Wildman–Crippen LogP) is 12.8. The summed E-state index contributed by atoms with van der Waals surface area (Å²) in [6.07, 6.45) is 44.0. The van der Waals surface area contributed by atoms with Crippen LogP contribution in [0.5, 0.6) is 0 Å². The third kappa shape index (κ3) is 34.9. The van der Waals surface area contributed by atoms with Crippen molar-refractivity contribution in [3.05, 3.63) is 12.2 Å². The van der Waals surface area contributed by atoms with Gasteiger partial charge in [-0.1, -0.05) is 219 Å². The largest absolute Gasteiger partial charge is 0.457 e. The smallest absolute Gasteiger partial charge is 0.306 e. The fourth-order valence-corrected chi connectivity index (χ4v) is 8.31. The second-order valence-electron chi connectivity index (χ2n) is 18.3. The van der Waals surface area contributed by atoms with Gasteiger partial charge in [0.2, 0.25) is 0 Å². The molecule has 0 aliphatic carbocycles. The van der Waals surface area contributed by atoms with E-state index in [0.717, 1.165) is 32.1 Å². The number of unbranched alkanes of at least 4 members (excludes halogenated alkanes) is 33. The van der Waals surface area contributed by atoms with Gasteiger partial charge >= 0.3 is 5.97 Å². The van der Waals surface area contributed by atoms with E-state index in [9.17, 15) is 25.2 Å². The Bertz CT molecular complexity index is 946. The van der Waals surface area contributed by atoms with E-state index in [0.29, 0.717) is 13.0 Å². The minimum atomic E-state index is -1.53. The fourth-order valence-electron chi connectivity index (χ4n) is 8.31. The predicted molar refractivity (Wildman–Crippen MR) is 252 cm³/mol. The highest BCUT2D eigenvalue weighted by atomic mass is 16.7. The van der Waals surface area contributed by atoms with Crippen molar-refractivity contribution in [2.45, 2.75) is 288 Å². The Morgan fingerprint density at radius 2 is 0.902 bits per heavy atom. The normalized spacial score (nSPS) is 19.9. The molecule has 0 aromatic carbocycles. The summed E-state index contributed by atoms with van der Waals surface area (Å²) in [4.78, 5) is 12.8. The molecule has 0 spiro atoms. The number of rotatable bonds is 46. The Labute approximate surface area is 375 Å². The number of aliphatic hydroxyl groups excluding tert-OH is 4. The highest BCUT2D eigenvalue weighted by Gasteiger charge is 2.44. The molecule has 6 atom stereocenters. The molecule has 0 bridgehead atoms. The molecule has 9 nitrogen and oxygen atoms in total. The van der Waals surface area contributed by atoms with Crippen LogP contribution < -0.4 is 0 Å². The summed E-state index contributed by atoms with van der Waals surface area (Å²) in [6.45, 7) is 4.60. The van der Waals surface area contributed by atoms with Crippen LogP contribution in [0.2, 0.25) is 0 Å². The maximum Gasteiger partial charge on any atom is 0.306 e. The van der Waals surface area contributed by atoms with Crippen molar-refractivity contribution in [3.8, 4) is 0 Å². The lowest BCUT2D eigenvalue weighted by Crippen LogP contribution is -2.59. The summed E-state index contributed by atoms with van der Waals surface area (Å²) in [5, 5.41) is 40.2. The number of aliphatic hydroxyl groups is 4. The summed E-state index contributed by atoms with van der Waals surface area (Å²) < 4.78 is 22.9. The Hall–Kier alpha value is -1.07. The zero-order chi connectivity index (χ0) is 44.3. The van der Waals surface area contributed by atoms with Crippen molar-refractivity contribution in [1.82, 2.24) is 0 Å². The van der Waals surface area contributed by atoms with Crippen molar-refractivity contribution in [1.29, 1.82) is 0 Å². The number of hydrogen-bond donors (Lipinski definition) is 4. The van der Waals surface area contributed by atoms with Gasteiger partial charge in [-0.3, -0.25) is 4.79 Å². The first-order valence-corrected chi connectivity index (χ1v) is 26.3. The van der Waals surface area contributed by atoms with Crippen LogP contribution in [0.4, 0.5) is 0 Å². The first kappa shape index (κ1) is 57.9. The molecule has 1 rings (SSSR count). The summed E-state index contributed by atoms with van der Waals surface area (Å²) in [7, 11) is 0. The van der Waals surface area contributed by atoms with E-state index >= 15 is 0 Å². The molecule has 61 heavy (non-hydrogen) atoms. The second kappa shape index (κ2) is 44.1. The molecule has 1 aliphatic heterocycles. The molecule has 0 saturated carbocycles. The maximum absolute atomic E-state index is 12.8. The van der Waals surface area contributed by atoms with Gasteiger partial charge in [0.05, 0.1) is 19.8 Å². The molecule has 0 amide bonds. The molecular weight excluding hydrogens is 769 g/mol. The van der Waals surface area contributed by atoms with E-state index < -0.39 is 43.4 Å². The minimum absolute atomic E-state index is 0.107. The van der Waals surface area contributed by atoms with Gasteiger partial charge in [0.25, 0.3) is 0 Å². The third-order valence-electron chi connectivity index (χ3n) is 12.4. The molecule has 362 valence electrons. The topological polar surface area (TPSA) is 135 Å². The Morgan fingerprint density at radius 3 is 1.33 bits per heavy atom. The van der Waals surface area contributed by atoms with Crippen LogP contribution in [0.25, 0.3) is 0 Å². The van der Waals surface area contributed by atoms with Gasteiger partial charge in [-0.2, -0.15) is 0 Å². The van der Waals surface area contributed by atoms with Crippen LogP contribution in [0, 0.1) is 0 Å². The van der Waals surface area contributed by atoms with Crippen LogP contribution in [-0.4, -0.2) is 89.6 Å². The van der Waals surface area contributed by atoms with Crippen LogP contribution in [-0.2, 0) is 23.7 Å². The van der Waals surface area contributed by atoms with Gasteiger partial charge in [0.1, 0.15) is 30.5 Å². The van der Waals surface area contributed by atoms with Gasteiger partial charge in [-0.25, -0.2) is 0 Å². The molecule has 4 N–H and O–H groups in total. The monoisotopic (exact) mass is 869 g/mol. The van der Waals surface area contributed by atoms with Crippen molar-refractivity contribution in [3.63, 3.8) is 0 Å². The first-order valence-electron chi connectivity index (χ1n) is 26.3. The van der Waals surface area contributed by atoms with Crippen LogP contribution >= 0.6 is 0 Å². The number of carbonyl (C=O) groups excluding carboxylic acids is 1. The standard InChI is InChI=1S/C52H100O9/c1-3-5-7-9-11-13-15-17-18-19-20-21-22-23-24-25-26-27-28-29-30-32-34-36-38-40-42-58-44-46(45-59-52-51(57)50(56)49(55)47(43-53)61-52)60-48(54)41-39-37-35-33-31-16-14-12-10-8-6-4-2/h19-20,46-47,49-53,55-57H,3-18,21-45H2,1-2H3/b20-19-. The first-order chi connectivity index (χ1) is 29.9. The third-order valence-corrected chi connectivity index (χ3v) is 12.4. The second-order valence-corrected chi connectivity index (χ2v) is 18.3. The molecule has 9 heteroatoms. The van der Waals surface area contributed by atoms with E-state index in [2.05, 4.69) is 26.0 Å². The van der Waals surface area contributed by atoms with Gasteiger partial charge in [0.15, 0.2) is 6.29 Å². The van der Waals surface area contributed by atoms with E-state index in [1.165, 1.54) is 199 Å². The number of allylic oxidation sites excluding steroid dienone is 2. The van der Waals surface area contributed by atoms with Gasteiger partial charge in [-0.05, 0) is 38.5 Å². The number of ether oxygens (including phenoxy) is 4. The molecule has 1 saturated heterocycles. The molecule has 1 heterocycles. The molecular formula is C52H100O9. The molecule has 1 aliphatic rings. The van der Waals surface area contributed by atoms with Crippen LogP contribution in [0.1, 0.15) is 251 Å². The lowest BCUT2D eigenvalue weighted by molar-refractivity contribution is -0.305. The van der Waals surface area contributed by atoms with Gasteiger partial charge < -0.3 is 39.4 Å². The van der Waals surface area contributed by atoms with Crippen LogP contribution in [0.3, 0.4) is 0 Å². The number of carbonyl (C=O) groups is 1. The molecule has 0 radical (unpaired) electrons. The van der Waals surface area contributed by atoms with E-state index in [1.807, 2.05) is 0 Å². The lowest BCUT2D eigenvalue weighted by Gasteiger charge is -2.39. The van der Waals surface area contributed by atoms with E-state index in [1.54, 1.807) is 0 Å². The Kier molecular flexibility index (Phi) is 41.9. The summed E-state index contributed by atoms with van der Waals surface area (Å²) in [5.41, 5.74) is 0. The SMILES string of the molecule is CCCCCCCCCC/C=C\CCCCCCCCCCCCCCCCOCC(COC1OC(CO)C(O)C(O)C1O)OC(=O)CCCCCCCCCCCCCC. The average Bonchev–Trinajstić information content (AvgIpc) is 3.26. The molecule has 1 fully saturated rings. The van der Waals surface area contributed by atoms with Crippen LogP contribution in [0.15, 0.2) is 12.2 Å². The zero-order valence-corrected chi connectivity index (χ0v) is 39.9. The Balaban J connectivity index is 2.11. The zero-order valence-electron chi connectivity index (χ0n) is 39.9. The summed E-state index contributed by atoms with van der Waals surface area (Å²) in [6, 6.07) is 0. The summed E-state index contributed by atoms with van der Waals surface area (Å²) in [5.74, 6) is -0.309. The summed E-state index contributed by atoms with van der Waals surface area (Å²) >= 11 is 0. The molecule has 0 aromatic heterocycles. The van der Waals surface area contributed by atoms with E-state index in [4.69, 9.17) is 18.9 Å². The molecule has 0 aromatic rings. The minimum Gasteiger partial charge on any atom is -0.457 e. The number of hydrogen-bond acceptors (Lipinski definition) is 9. The average molecular weight is 869 g/mol. The highest BCUT2D eigenvalue weighted by molar-refractivity contribution is 5.69. The van der Waals surface area contributed by atoms with E-state index in [-0.39, 0.29) is 19.2 Å². The van der Waals surface area contributed by atoms with Crippen molar-refractivity contribution in [2.75, 3.05) is 26.4 Å². The number of esters is 1.